The molecule has 0 spiro atoms. The lowest BCUT2D eigenvalue weighted by atomic mass is 10.1. The fraction of sp³-hybridized carbons (Fsp3) is 0.368. The number of aryl methyl sites for hydroxylation is 1. The highest BCUT2D eigenvalue weighted by Gasteiger charge is 2.07. The Labute approximate surface area is 138 Å². The molecular weight excluding hydrogens is 294 g/mol. The first-order valence-corrected chi connectivity index (χ1v) is 8.25. The zero-order valence-electron chi connectivity index (χ0n) is 13.3. The summed E-state index contributed by atoms with van der Waals surface area (Å²) in [4.78, 5) is 0. The molecule has 2 aromatic rings. The quantitative estimate of drug-likeness (QED) is 0.751. The summed E-state index contributed by atoms with van der Waals surface area (Å²) in [5.41, 5.74) is 2.50. The molecule has 118 valence electrons. The molecule has 0 amide bonds. The van der Waals surface area contributed by atoms with Crippen molar-refractivity contribution in [3.05, 3.63) is 64.7 Å². The van der Waals surface area contributed by atoms with Gasteiger partial charge in [0.15, 0.2) is 0 Å². The van der Waals surface area contributed by atoms with Crippen LogP contribution in [0.3, 0.4) is 0 Å². The second-order valence-electron chi connectivity index (χ2n) is 5.49. The molecule has 1 N–H and O–H groups in total. The van der Waals surface area contributed by atoms with Crippen LogP contribution in [0.1, 0.15) is 31.4 Å². The molecule has 0 fully saturated rings. The van der Waals surface area contributed by atoms with Gasteiger partial charge in [0.05, 0.1) is 6.61 Å². The molecule has 22 heavy (non-hydrogen) atoms. The van der Waals surface area contributed by atoms with Gasteiger partial charge in [-0.2, -0.15) is 0 Å². The van der Waals surface area contributed by atoms with Crippen LogP contribution in [-0.4, -0.2) is 12.6 Å². The molecule has 0 aromatic heterocycles. The fourth-order valence-corrected chi connectivity index (χ4v) is 2.59. The van der Waals surface area contributed by atoms with Crippen LogP contribution in [0.2, 0.25) is 5.02 Å². The second-order valence-corrected chi connectivity index (χ2v) is 5.93. The third-order valence-electron chi connectivity index (χ3n) is 3.67. The van der Waals surface area contributed by atoms with E-state index < -0.39 is 0 Å². The molecular formula is C19H24ClNO. The molecule has 0 saturated heterocycles. The van der Waals surface area contributed by atoms with Gasteiger partial charge < -0.3 is 10.1 Å². The van der Waals surface area contributed by atoms with E-state index in [-0.39, 0.29) is 0 Å². The van der Waals surface area contributed by atoms with Crippen LogP contribution < -0.4 is 10.1 Å². The topological polar surface area (TPSA) is 21.3 Å². The summed E-state index contributed by atoms with van der Waals surface area (Å²) in [6.45, 7) is 5.65. The van der Waals surface area contributed by atoms with E-state index in [2.05, 4.69) is 42.6 Å². The highest BCUT2D eigenvalue weighted by atomic mass is 35.5. The largest absolute Gasteiger partial charge is 0.494 e. The summed E-state index contributed by atoms with van der Waals surface area (Å²) in [6.07, 6.45) is 2.19. The Hall–Kier alpha value is -1.51. The standard InChI is InChI=1S/C19H24ClNO/c1-3-22-19-12-11-18(20)13-17(19)14-21-15(2)9-10-16-7-5-4-6-8-16/h4-8,11-13,15,21H,3,9-10,14H2,1-2H3/t15-/m1/s1. The zero-order valence-corrected chi connectivity index (χ0v) is 14.1. The highest BCUT2D eigenvalue weighted by molar-refractivity contribution is 6.30. The first-order chi connectivity index (χ1) is 10.7. The number of hydrogen-bond donors (Lipinski definition) is 1. The second kappa shape index (κ2) is 8.82. The summed E-state index contributed by atoms with van der Waals surface area (Å²) in [6, 6.07) is 16.8. The molecule has 0 bridgehead atoms. The molecule has 2 nitrogen and oxygen atoms in total. The minimum absolute atomic E-state index is 0.439. The van der Waals surface area contributed by atoms with E-state index in [1.165, 1.54) is 5.56 Å². The number of benzene rings is 2. The number of hydrogen-bond acceptors (Lipinski definition) is 2. The SMILES string of the molecule is CCOc1ccc(Cl)cc1CN[C@H](C)CCc1ccccc1. The average Bonchev–Trinajstić information content (AvgIpc) is 2.54. The van der Waals surface area contributed by atoms with E-state index in [1.54, 1.807) is 0 Å². The molecule has 3 heteroatoms. The van der Waals surface area contributed by atoms with E-state index in [9.17, 15) is 0 Å². The summed E-state index contributed by atoms with van der Waals surface area (Å²) in [7, 11) is 0. The van der Waals surface area contributed by atoms with Gasteiger partial charge in [0.1, 0.15) is 5.75 Å². The molecule has 0 saturated carbocycles. The van der Waals surface area contributed by atoms with Gasteiger partial charge in [0, 0.05) is 23.2 Å². The third-order valence-corrected chi connectivity index (χ3v) is 3.91. The Morgan fingerprint density at radius 2 is 1.91 bits per heavy atom. The minimum atomic E-state index is 0.439. The number of halogens is 1. The van der Waals surface area contributed by atoms with Crippen molar-refractivity contribution < 1.29 is 4.74 Å². The molecule has 0 heterocycles. The van der Waals surface area contributed by atoms with Gasteiger partial charge in [-0.1, -0.05) is 41.9 Å². The van der Waals surface area contributed by atoms with Crippen LogP contribution in [0.5, 0.6) is 5.75 Å². The molecule has 0 aliphatic rings. The van der Waals surface area contributed by atoms with Crippen LogP contribution in [0, 0.1) is 0 Å². The zero-order chi connectivity index (χ0) is 15.8. The van der Waals surface area contributed by atoms with Crippen LogP contribution >= 0.6 is 11.6 Å². The van der Waals surface area contributed by atoms with E-state index >= 15 is 0 Å². The van der Waals surface area contributed by atoms with E-state index in [4.69, 9.17) is 16.3 Å². The predicted octanol–water partition coefficient (Wildman–Crippen LogP) is 4.85. The van der Waals surface area contributed by atoms with Crippen LogP contribution in [0.4, 0.5) is 0 Å². The average molecular weight is 318 g/mol. The van der Waals surface area contributed by atoms with Crippen molar-refractivity contribution >= 4 is 11.6 Å². The summed E-state index contributed by atoms with van der Waals surface area (Å²) in [5, 5.41) is 4.30. The number of ether oxygens (including phenoxy) is 1. The fourth-order valence-electron chi connectivity index (χ4n) is 2.40. The van der Waals surface area contributed by atoms with Crippen LogP contribution in [0.25, 0.3) is 0 Å². The Balaban J connectivity index is 1.85. The van der Waals surface area contributed by atoms with Crippen LogP contribution in [-0.2, 0) is 13.0 Å². The molecule has 0 aliphatic carbocycles. The molecule has 0 aliphatic heterocycles. The molecule has 0 radical (unpaired) electrons. The smallest absolute Gasteiger partial charge is 0.123 e. The van der Waals surface area contributed by atoms with Gasteiger partial charge in [0.25, 0.3) is 0 Å². The predicted molar refractivity (Wildman–Crippen MR) is 93.7 cm³/mol. The Morgan fingerprint density at radius 3 is 2.64 bits per heavy atom. The van der Waals surface area contributed by atoms with Crippen molar-refractivity contribution in [2.75, 3.05) is 6.61 Å². The normalized spacial score (nSPS) is 12.1. The summed E-state index contributed by atoms with van der Waals surface area (Å²) in [5.74, 6) is 0.912. The van der Waals surface area contributed by atoms with Crippen molar-refractivity contribution in [3.63, 3.8) is 0 Å². The summed E-state index contributed by atoms with van der Waals surface area (Å²) < 4.78 is 5.65. The van der Waals surface area contributed by atoms with Crippen molar-refractivity contribution in [1.29, 1.82) is 0 Å². The van der Waals surface area contributed by atoms with Crippen molar-refractivity contribution in [2.24, 2.45) is 0 Å². The third kappa shape index (κ3) is 5.36. The van der Waals surface area contributed by atoms with E-state index in [1.807, 2.05) is 25.1 Å². The van der Waals surface area contributed by atoms with Gasteiger partial charge in [0.2, 0.25) is 0 Å². The Kier molecular flexibility index (Phi) is 6.75. The van der Waals surface area contributed by atoms with Gasteiger partial charge in [-0.3, -0.25) is 0 Å². The molecule has 2 aromatic carbocycles. The maximum Gasteiger partial charge on any atom is 0.123 e. The summed E-state index contributed by atoms with van der Waals surface area (Å²) >= 11 is 6.09. The lowest BCUT2D eigenvalue weighted by Gasteiger charge is -2.16. The molecule has 2 rings (SSSR count). The lowest BCUT2D eigenvalue weighted by molar-refractivity contribution is 0.334. The van der Waals surface area contributed by atoms with E-state index in [0.717, 1.165) is 35.7 Å². The highest BCUT2D eigenvalue weighted by Crippen LogP contribution is 2.23. The Morgan fingerprint density at radius 1 is 1.14 bits per heavy atom. The van der Waals surface area contributed by atoms with Crippen molar-refractivity contribution in [2.45, 2.75) is 39.3 Å². The minimum Gasteiger partial charge on any atom is -0.494 e. The first-order valence-electron chi connectivity index (χ1n) is 7.87. The van der Waals surface area contributed by atoms with Gasteiger partial charge in [-0.15, -0.1) is 0 Å². The van der Waals surface area contributed by atoms with Gasteiger partial charge in [-0.05, 0) is 50.5 Å². The van der Waals surface area contributed by atoms with Gasteiger partial charge >= 0.3 is 0 Å². The van der Waals surface area contributed by atoms with Crippen molar-refractivity contribution in [3.8, 4) is 5.75 Å². The number of nitrogens with one attached hydrogen (secondary N) is 1. The van der Waals surface area contributed by atoms with Gasteiger partial charge in [-0.25, -0.2) is 0 Å². The lowest BCUT2D eigenvalue weighted by Crippen LogP contribution is -2.26. The maximum absolute atomic E-state index is 6.09. The van der Waals surface area contributed by atoms with Crippen LogP contribution in [0.15, 0.2) is 48.5 Å². The van der Waals surface area contributed by atoms with Crippen molar-refractivity contribution in [1.82, 2.24) is 5.32 Å². The van der Waals surface area contributed by atoms with E-state index in [0.29, 0.717) is 12.6 Å². The molecule has 0 unspecified atom stereocenters. The number of rotatable bonds is 8. The molecule has 1 atom stereocenters. The monoisotopic (exact) mass is 317 g/mol. The Bertz CT molecular complexity index is 571. The first kappa shape index (κ1) is 16.9. The maximum atomic E-state index is 6.09.